The molecule has 26 heavy (non-hydrogen) atoms. The van der Waals surface area contributed by atoms with E-state index in [1.165, 1.54) is 6.08 Å². The molecule has 0 heterocycles. The van der Waals surface area contributed by atoms with Gasteiger partial charge in [0.25, 0.3) is 5.91 Å². The van der Waals surface area contributed by atoms with Gasteiger partial charge in [0, 0.05) is 22.3 Å². The van der Waals surface area contributed by atoms with Crippen molar-refractivity contribution in [2.75, 3.05) is 19.0 Å². The van der Waals surface area contributed by atoms with E-state index in [-0.39, 0.29) is 5.57 Å². The molecule has 0 unspecified atom stereocenters. The number of nitriles is 1. The minimum Gasteiger partial charge on any atom is -0.497 e. The number of carbonyl (C=O) groups excluding carboxylic acids is 1. The SMILES string of the molecule is CCOc1cc(OC)ccc1/C=C(\C#N)C(=O)Nc1ccc(C)c(Cl)c1. The first-order valence-corrected chi connectivity index (χ1v) is 8.36. The number of amides is 1. The van der Waals surface area contributed by atoms with Gasteiger partial charge in [-0.05, 0) is 49.8 Å². The highest BCUT2D eigenvalue weighted by Crippen LogP contribution is 2.27. The zero-order chi connectivity index (χ0) is 19.1. The number of hydrogen-bond acceptors (Lipinski definition) is 4. The van der Waals surface area contributed by atoms with Gasteiger partial charge in [-0.15, -0.1) is 0 Å². The Balaban J connectivity index is 2.30. The third kappa shape index (κ3) is 4.78. The number of ether oxygens (including phenoxy) is 2. The first kappa shape index (κ1) is 19.4. The molecule has 1 amide bonds. The van der Waals surface area contributed by atoms with Crippen LogP contribution in [0.15, 0.2) is 42.0 Å². The smallest absolute Gasteiger partial charge is 0.266 e. The Labute approximate surface area is 157 Å². The van der Waals surface area contributed by atoms with Crippen molar-refractivity contribution < 1.29 is 14.3 Å². The second kappa shape index (κ2) is 8.93. The molecule has 0 aliphatic carbocycles. The summed E-state index contributed by atoms with van der Waals surface area (Å²) in [6.07, 6.45) is 1.48. The predicted octanol–water partition coefficient (Wildman–Crippen LogP) is 4.60. The Morgan fingerprint density at radius 3 is 2.69 bits per heavy atom. The molecular weight excluding hydrogens is 352 g/mol. The molecule has 2 aromatic carbocycles. The van der Waals surface area contributed by atoms with Gasteiger partial charge in [0.15, 0.2) is 0 Å². The molecule has 0 atom stereocenters. The van der Waals surface area contributed by atoms with E-state index in [1.54, 1.807) is 43.5 Å². The summed E-state index contributed by atoms with van der Waals surface area (Å²) in [5.41, 5.74) is 1.99. The van der Waals surface area contributed by atoms with Crippen molar-refractivity contribution >= 4 is 29.3 Å². The number of hydrogen-bond donors (Lipinski definition) is 1. The number of benzene rings is 2. The quantitative estimate of drug-likeness (QED) is 0.595. The van der Waals surface area contributed by atoms with E-state index >= 15 is 0 Å². The van der Waals surface area contributed by atoms with Crippen molar-refractivity contribution in [3.63, 3.8) is 0 Å². The van der Waals surface area contributed by atoms with E-state index in [2.05, 4.69) is 5.32 Å². The number of halogens is 1. The van der Waals surface area contributed by atoms with E-state index in [1.807, 2.05) is 19.9 Å². The summed E-state index contributed by atoms with van der Waals surface area (Å²) >= 11 is 6.07. The maximum absolute atomic E-state index is 12.4. The number of nitrogens with one attached hydrogen (secondary N) is 1. The summed E-state index contributed by atoms with van der Waals surface area (Å²) in [7, 11) is 1.56. The largest absolute Gasteiger partial charge is 0.497 e. The molecule has 0 aliphatic heterocycles. The molecule has 0 fully saturated rings. The van der Waals surface area contributed by atoms with Crippen molar-refractivity contribution in [1.82, 2.24) is 0 Å². The van der Waals surface area contributed by atoms with Gasteiger partial charge in [0.2, 0.25) is 0 Å². The van der Waals surface area contributed by atoms with Crippen LogP contribution in [0.3, 0.4) is 0 Å². The van der Waals surface area contributed by atoms with Crippen LogP contribution < -0.4 is 14.8 Å². The normalized spacial score (nSPS) is 10.8. The Morgan fingerprint density at radius 2 is 2.08 bits per heavy atom. The molecule has 1 N–H and O–H groups in total. The average molecular weight is 371 g/mol. The molecule has 0 spiro atoms. The van der Waals surface area contributed by atoms with Gasteiger partial charge < -0.3 is 14.8 Å². The van der Waals surface area contributed by atoms with Gasteiger partial charge >= 0.3 is 0 Å². The Bertz CT molecular complexity index is 885. The van der Waals surface area contributed by atoms with E-state index in [0.717, 1.165) is 5.56 Å². The van der Waals surface area contributed by atoms with E-state index in [0.29, 0.717) is 34.4 Å². The molecule has 0 saturated carbocycles. The number of rotatable bonds is 6. The van der Waals surface area contributed by atoms with Gasteiger partial charge in [-0.1, -0.05) is 17.7 Å². The van der Waals surface area contributed by atoms with Crippen molar-refractivity contribution in [3.05, 3.63) is 58.1 Å². The third-order valence-corrected chi connectivity index (χ3v) is 4.02. The lowest BCUT2D eigenvalue weighted by Gasteiger charge is -2.10. The first-order valence-electron chi connectivity index (χ1n) is 7.98. The van der Waals surface area contributed by atoms with Crippen molar-refractivity contribution in [3.8, 4) is 17.6 Å². The summed E-state index contributed by atoms with van der Waals surface area (Å²) in [6, 6.07) is 12.3. The van der Waals surface area contributed by atoms with Crippen LogP contribution in [0.1, 0.15) is 18.1 Å². The van der Waals surface area contributed by atoms with E-state index in [9.17, 15) is 10.1 Å². The van der Waals surface area contributed by atoms with Crippen LogP contribution in [-0.4, -0.2) is 19.6 Å². The fourth-order valence-corrected chi connectivity index (χ4v) is 2.40. The van der Waals surface area contributed by atoms with Gasteiger partial charge in [-0.25, -0.2) is 0 Å². The molecule has 134 valence electrons. The zero-order valence-electron chi connectivity index (χ0n) is 14.8. The molecular formula is C20H19ClN2O3. The molecule has 0 aromatic heterocycles. The Kier molecular flexibility index (Phi) is 6.65. The monoisotopic (exact) mass is 370 g/mol. The van der Waals surface area contributed by atoms with E-state index < -0.39 is 5.91 Å². The summed E-state index contributed by atoms with van der Waals surface area (Å²) in [4.78, 5) is 12.4. The molecule has 0 radical (unpaired) electrons. The lowest BCUT2D eigenvalue weighted by Crippen LogP contribution is -2.13. The number of carbonyl (C=O) groups is 1. The fraction of sp³-hybridized carbons (Fsp3) is 0.200. The molecule has 2 aromatic rings. The van der Waals surface area contributed by atoms with Crippen LogP contribution in [0, 0.1) is 18.3 Å². The van der Waals surface area contributed by atoms with Gasteiger partial charge in [0.1, 0.15) is 23.1 Å². The minimum absolute atomic E-state index is 0.0483. The second-order valence-corrected chi connectivity index (χ2v) is 5.83. The highest BCUT2D eigenvalue weighted by atomic mass is 35.5. The third-order valence-electron chi connectivity index (χ3n) is 3.62. The molecule has 5 nitrogen and oxygen atoms in total. The average Bonchev–Trinajstić information content (AvgIpc) is 2.63. The Hall–Kier alpha value is -2.97. The molecule has 0 aliphatic rings. The van der Waals surface area contributed by atoms with Crippen LogP contribution in [0.2, 0.25) is 5.02 Å². The van der Waals surface area contributed by atoms with Crippen LogP contribution in [0.5, 0.6) is 11.5 Å². The maximum Gasteiger partial charge on any atom is 0.266 e. The van der Waals surface area contributed by atoms with Gasteiger partial charge in [-0.3, -0.25) is 4.79 Å². The number of nitrogens with zero attached hydrogens (tertiary/aromatic N) is 1. The fourth-order valence-electron chi connectivity index (χ4n) is 2.21. The molecule has 0 saturated heterocycles. The zero-order valence-corrected chi connectivity index (χ0v) is 15.6. The summed E-state index contributed by atoms with van der Waals surface area (Å²) in [5.74, 6) is 0.638. The molecule has 2 rings (SSSR count). The Morgan fingerprint density at radius 1 is 1.31 bits per heavy atom. The topological polar surface area (TPSA) is 71.3 Å². The second-order valence-electron chi connectivity index (χ2n) is 5.42. The highest BCUT2D eigenvalue weighted by molar-refractivity contribution is 6.31. The highest BCUT2D eigenvalue weighted by Gasteiger charge is 2.12. The van der Waals surface area contributed by atoms with Crippen molar-refractivity contribution in [2.24, 2.45) is 0 Å². The standard InChI is InChI=1S/C20H19ClN2O3/c1-4-26-19-11-17(25-3)8-6-14(19)9-15(12-22)20(24)23-16-7-5-13(2)18(21)10-16/h5-11H,4H2,1-3H3,(H,23,24)/b15-9+. The summed E-state index contributed by atoms with van der Waals surface area (Å²) in [6.45, 7) is 4.17. The number of methoxy groups -OCH3 is 1. The van der Waals surface area contributed by atoms with Crippen LogP contribution >= 0.6 is 11.6 Å². The van der Waals surface area contributed by atoms with Crippen LogP contribution in [-0.2, 0) is 4.79 Å². The van der Waals surface area contributed by atoms with Crippen molar-refractivity contribution in [2.45, 2.75) is 13.8 Å². The maximum atomic E-state index is 12.4. The van der Waals surface area contributed by atoms with Gasteiger partial charge in [-0.2, -0.15) is 5.26 Å². The molecule has 6 heteroatoms. The van der Waals surface area contributed by atoms with Crippen molar-refractivity contribution in [1.29, 1.82) is 5.26 Å². The number of anilines is 1. The number of aryl methyl sites for hydroxylation is 1. The van der Waals surface area contributed by atoms with E-state index in [4.69, 9.17) is 21.1 Å². The van der Waals surface area contributed by atoms with Crippen LogP contribution in [0.25, 0.3) is 6.08 Å². The minimum atomic E-state index is -0.523. The predicted molar refractivity (Wildman–Crippen MR) is 103 cm³/mol. The van der Waals surface area contributed by atoms with Gasteiger partial charge in [0.05, 0.1) is 13.7 Å². The lowest BCUT2D eigenvalue weighted by atomic mass is 10.1. The molecule has 0 bridgehead atoms. The van der Waals surface area contributed by atoms with Crippen LogP contribution in [0.4, 0.5) is 5.69 Å². The summed E-state index contributed by atoms with van der Waals surface area (Å²) in [5, 5.41) is 12.6. The summed E-state index contributed by atoms with van der Waals surface area (Å²) < 4.78 is 10.7. The first-order chi connectivity index (χ1) is 12.5. The lowest BCUT2D eigenvalue weighted by molar-refractivity contribution is -0.112.